The third-order valence-corrected chi connectivity index (χ3v) is 5.59. The molecule has 0 radical (unpaired) electrons. The molecule has 5 aromatic rings. The lowest BCUT2D eigenvalue weighted by molar-refractivity contribution is 0.928. The van der Waals surface area contributed by atoms with Crippen molar-refractivity contribution in [3.63, 3.8) is 0 Å². The third-order valence-electron chi connectivity index (χ3n) is 5.59. The number of hydrogen-bond acceptors (Lipinski definition) is 1. The topological polar surface area (TPSA) is 12.9 Å². The normalized spacial score (nSPS) is 10.9. The van der Waals surface area contributed by atoms with Crippen molar-refractivity contribution < 1.29 is 0 Å². The highest BCUT2D eigenvalue weighted by atomic mass is 14.7. The fourth-order valence-corrected chi connectivity index (χ4v) is 4.13. The van der Waals surface area contributed by atoms with Gasteiger partial charge in [-0.1, -0.05) is 115 Å². The van der Waals surface area contributed by atoms with Crippen molar-refractivity contribution in [3.8, 4) is 22.4 Å². The maximum Gasteiger partial charge on any atom is 0.0790 e. The minimum absolute atomic E-state index is 0.916. The van der Waals surface area contributed by atoms with E-state index in [1.807, 2.05) is 0 Å². The van der Waals surface area contributed by atoms with Gasteiger partial charge in [0.1, 0.15) is 0 Å². The summed E-state index contributed by atoms with van der Waals surface area (Å²) in [6.45, 7) is 0. The Morgan fingerprint density at radius 3 is 1.67 bits per heavy atom. The highest BCUT2D eigenvalue weighted by Gasteiger charge is 2.16. The first kappa shape index (κ1) is 18.3. The van der Waals surface area contributed by atoms with Gasteiger partial charge in [0.25, 0.3) is 0 Å². The second kappa shape index (κ2) is 8.34. The molecule has 0 aliphatic heterocycles. The second-order valence-corrected chi connectivity index (χ2v) is 7.55. The van der Waals surface area contributed by atoms with Crippen LogP contribution in [0.5, 0.6) is 0 Å². The number of nitrogens with zero attached hydrogens (tertiary/aromatic N) is 1. The molecule has 0 aliphatic carbocycles. The molecule has 0 unspecified atom stereocenters. The second-order valence-electron chi connectivity index (χ2n) is 7.55. The molecular weight excluding hydrogens is 362 g/mol. The standard InChI is InChI=1S/C29H23N/c1-4-12-22(13-5-1)20-21-27-25-18-10-11-19-26(25)28(23-14-6-2-7-15-23)29(30-27)24-16-8-3-9-17-24/h1-19H,20-21H2. The van der Waals surface area contributed by atoms with Crippen LogP contribution in [0.1, 0.15) is 11.3 Å². The van der Waals surface area contributed by atoms with Crippen molar-refractivity contribution in [3.05, 3.63) is 127 Å². The average molecular weight is 386 g/mol. The fourth-order valence-electron chi connectivity index (χ4n) is 4.13. The Kier molecular flexibility index (Phi) is 5.10. The molecule has 5 rings (SSSR count). The quantitative estimate of drug-likeness (QED) is 0.308. The van der Waals surface area contributed by atoms with Gasteiger partial charge >= 0.3 is 0 Å². The molecule has 144 valence electrons. The van der Waals surface area contributed by atoms with E-state index in [0.717, 1.165) is 29.8 Å². The third kappa shape index (κ3) is 3.62. The highest BCUT2D eigenvalue weighted by molar-refractivity contribution is 6.03. The lowest BCUT2D eigenvalue weighted by Crippen LogP contribution is -2.01. The van der Waals surface area contributed by atoms with Gasteiger partial charge in [-0.3, -0.25) is 4.98 Å². The van der Waals surface area contributed by atoms with Gasteiger partial charge in [0.15, 0.2) is 0 Å². The first-order chi connectivity index (χ1) is 14.9. The van der Waals surface area contributed by atoms with E-state index in [0.29, 0.717) is 0 Å². The summed E-state index contributed by atoms with van der Waals surface area (Å²) >= 11 is 0. The van der Waals surface area contributed by atoms with Crippen molar-refractivity contribution in [2.45, 2.75) is 12.8 Å². The van der Waals surface area contributed by atoms with E-state index in [9.17, 15) is 0 Å². The van der Waals surface area contributed by atoms with E-state index < -0.39 is 0 Å². The van der Waals surface area contributed by atoms with E-state index in [-0.39, 0.29) is 0 Å². The van der Waals surface area contributed by atoms with Crippen LogP contribution in [0, 0.1) is 0 Å². The lowest BCUT2D eigenvalue weighted by atomic mass is 9.92. The Morgan fingerprint density at radius 1 is 0.467 bits per heavy atom. The molecule has 0 amide bonds. The van der Waals surface area contributed by atoms with Crippen LogP contribution in [0.25, 0.3) is 33.2 Å². The summed E-state index contributed by atoms with van der Waals surface area (Å²) in [6, 6.07) is 40.5. The zero-order valence-electron chi connectivity index (χ0n) is 16.8. The molecule has 0 saturated carbocycles. The number of hydrogen-bond donors (Lipinski definition) is 0. The predicted molar refractivity (Wildman–Crippen MR) is 126 cm³/mol. The molecule has 1 heterocycles. The molecule has 0 saturated heterocycles. The first-order valence-corrected chi connectivity index (χ1v) is 10.5. The van der Waals surface area contributed by atoms with Gasteiger partial charge in [-0.05, 0) is 29.4 Å². The van der Waals surface area contributed by atoms with E-state index in [2.05, 4.69) is 115 Å². The molecule has 0 aliphatic rings. The van der Waals surface area contributed by atoms with Gasteiger partial charge in [-0.25, -0.2) is 0 Å². The number of benzene rings is 4. The summed E-state index contributed by atoms with van der Waals surface area (Å²) in [7, 11) is 0. The summed E-state index contributed by atoms with van der Waals surface area (Å²) < 4.78 is 0. The number of fused-ring (bicyclic) bond motifs is 1. The summed E-state index contributed by atoms with van der Waals surface area (Å²) in [5.41, 5.74) is 7.13. The molecule has 1 aromatic heterocycles. The number of aryl methyl sites for hydroxylation is 2. The van der Waals surface area contributed by atoms with E-state index in [4.69, 9.17) is 4.98 Å². The van der Waals surface area contributed by atoms with E-state index in [1.165, 1.54) is 27.5 Å². The van der Waals surface area contributed by atoms with Crippen LogP contribution in [0.15, 0.2) is 115 Å². The van der Waals surface area contributed by atoms with Crippen molar-refractivity contribution in [1.82, 2.24) is 4.98 Å². The molecule has 0 N–H and O–H groups in total. The number of rotatable bonds is 5. The summed E-state index contributed by atoms with van der Waals surface area (Å²) in [6.07, 6.45) is 1.90. The SMILES string of the molecule is c1ccc(CCc2nc(-c3ccccc3)c(-c3ccccc3)c3ccccc23)cc1. The largest absolute Gasteiger partial charge is 0.252 e. The minimum Gasteiger partial charge on any atom is -0.252 e. The Hall–Kier alpha value is -3.71. The Balaban J connectivity index is 1.72. The lowest BCUT2D eigenvalue weighted by Gasteiger charge is -2.17. The van der Waals surface area contributed by atoms with Gasteiger partial charge in [0.2, 0.25) is 0 Å². The van der Waals surface area contributed by atoms with Crippen molar-refractivity contribution in [2.75, 3.05) is 0 Å². The van der Waals surface area contributed by atoms with Crippen molar-refractivity contribution in [1.29, 1.82) is 0 Å². The van der Waals surface area contributed by atoms with Crippen LogP contribution < -0.4 is 0 Å². The van der Waals surface area contributed by atoms with Crippen molar-refractivity contribution in [2.24, 2.45) is 0 Å². The minimum atomic E-state index is 0.916. The smallest absolute Gasteiger partial charge is 0.0790 e. The number of aromatic nitrogens is 1. The molecule has 4 aromatic carbocycles. The van der Waals surface area contributed by atoms with Gasteiger partial charge in [0.05, 0.1) is 5.69 Å². The van der Waals surface area contributed by atoms with Crippen LogP contribution in [-0.2, 0) is 12.8 Å². The zero-order valence-corrected chi connectivity index (χ0v) is 16.8. The van der Waals surface area contributed by atoms with Crippen LogP contribution in [0.4, 0.5) is 0 Å². The summed E-state index contributed by atoms with van der Waals surface area (Å²) in [5, 5.41) is 2.51. The Labute approximate surface area is 177 Å². The first-order valence-electron chi connectivity index (χ1n) is 10.5. The monoisotopic (exact) mass is 385 g/mol. The van der Waals surface area contributed by atoms with Gasteiger partial charge in [0, 0.05) is 22.2 Å². The maximum absolute atomic E-state index is 5.26. The van der Waals surface area contributed by atoms with Gasteiger partial charge in [-0.15, -0.1) is 0 Å². The summed E-state index contributed by atoms with van der Waals surface area (Å²) in [4.78, 5) is 5.26. The van der Waals surface area contributed by atoms with Crippen LogP contribution in [0.3, 0.4) is 0 Å². The molecule has 30 heavy (non-hydrogen) atoms. The maximum atomic E-state index is 5.26. The molecule has 0 spiro atoms. The van der Waals surface area contributed by atoms with Gasteiger partial charge in [-0.2, -0.15) is 0 Å². The zero-order chi connectivity index (χ0) is 20.2. The van der Waals surface area contributed by atoms with E-state index >= 15 is 0 Å². The fraction of sp³-hybridized carbons (Fsp3) is 0.0690. The average Bonchev–Trinajstić information content (AvgIpc) is 2.84. The molecule has 1 nitrogen and oxygen atoms in total. The molecule has 0 fully saturated rings. The van der Waals surface area contributed by atoms with Gasteiger partial charge < -0.3 is 0 Å². The van der Waals surface area contributed by atoms with Crippen molar-refractivity contribution >= 4 is 10.8 Å². The van der Waals surface area contributed by atoms with Crippen LogP contribution in [0.2, 0.25) is 0 Å². The number of pyridine rings is 1. The van der Waals surface area contributed by atoms with E-state index in [1.54, 1.807) is 0 Å². The molecule has 0 atom stereocenters. The molecule has 0 bridgehead atoms. The summed E-state index contributed by atoms with van der Waals surface area (Å²) in [5.74, 6) is 0. The Bertz CT molecular complexity index is 1260. The Morgan fingerprint density at radius 2 is 1.00 bits per heavy atom. The molecule has 1 heteroatoms. The highest BCUT2D eigenvalue weighted by Crippen LogP contribution is 2.38. The molecular formula is C29H23N. The van der Waals surface area contributed by atoms with Crippen LogP contribution in [-0.4, -0.2) is 4.98 Å². The predicted octanol–water partition coefficient (Wildman–Crippen LogP) is 7.35. The van der Waals surface area contributed by atoms with Crippen LogP contribution >= 0.6 is 0 Å².